The van der Waals surface area contributed by atoms with Crippen molar-refractivity contribution in [3.05, 3.63) is 46.4 Å². The lowest BCUT2D eigenvalue weighted by Gasteiger charge is -2.33. The first kappa shape index (κ1) is 25.2. The van der Waals surface area contributed by atoms with Gasteiger partial charge in [0.25, 0.3) is 10.0 Å². The van der Waals surface area contributed by atoms with Crippen LogP contribution in [-0.2, 0) is 14.8 Å². The van der Waals surface area contributed by atoms with E-state index in [2.05, 4.69) is 10.4 Å². The van der Waals surface area contributed by atoms with Crippen LogP contribution in [0.2, 0.25) is 4.34 Å². The largest absolute Gasteiger partial charge is 0.492 e. The number of thiazole rings is 1. The maximum Gasteiger partial charge on any atom is 0.253 e. The number of para-hydroxylation sites is 1. The number of thiophene rings is 1. The SMILES string of the molecule is CCOc1cccc2sc(-n3nc(C)cc3NC(=O)C3CCCCN3S(=O)(=O)c3ccc(Cl)s3)nc12. The molecule has 0 aliphatic carbocycles. The second kappa shape index (κ2) is 10.1. The van der Waals surface area contributed by atoms with E-state index >= 15 is 0 Å². The molecule has 1 fully saturated rings. The van der Waals surface area contributed by atoms with Gasteiger partial charge in [-0.05, 0) is 51.0 Å². The van der Waals surface area contributed by atoms with Crippen molar-refractivity contribution in [1.29, 1.82) is 0 Å². The molecule has 4 aromatic rings. The molecule has 0 spiro atoms. The standard InChI is InChI=1S/C23H24ClN5O4S3/c1-3-33-16-8-6-9-17-21(16)26-23(34-17)29-19(13-14(2)27-29)25-22(30)15-7-4-5-12-28(15)36(31,32)20-11-10-18(24)35-20/h6,8-11,13,15H,3-5,7,12H2,1-2H3,(H,25,30). The van der Waals surface area contributed by atoms with Gasteiger partial charge in [-0.3, -0.25) is 4.79 Å². The quantitative estimate of drug-likeness (QED) is 0.335. The van der Waals surface area contributed by atoms with Gasteiger partial charge in [-0.25, -0.2) is 13.4 Å². The molecule has 1 aliphatic rings. The van der Waals surface area contributed by atoms with Crippen molar-refractivity contribution in [2.45, 2.75) is 43.4 Å². The number of nitrogens with zero attached hydrogens (tertiary/aromatic N) is 4. The Kier molecular flexibility index (Phi) is 7.05. The number of amides is 1. The Bertz CT molecular complexity index is 1530. The number of nitrogens with one attached hydrogen (secondary N) is 1. The number of benzene rings is 1. The average molecular weight is 566 g/mol. The molecule has 13 heteroatoms. The lowest BCUT2D eigenvalue weighted by atomic mass is 10.0. The minimum atomic E-state index is -3.85. The summed E-state index contributed by atoms with van der Waals surface area (Å²) < 4.78 is 36.6. The predicted octanol–water partition coefficient (Wildman–Crippen LogP) is 5.09. The van der Waals surface area contributed by atoms with Crippen molar-refractivity contribution in [2.75, 3.05) is 18.5 Å². The Labute approximate surface area is 221 Å². The Morgan fingerprint density at radius 1 is 1.25 bits per heavy atom. The van der Waals surface area contributed by atoms with E-state index in [9.17, 15) is 13.2 Å². The lowest BCUT2D eigenvalue weighted by molar-refractivity contribution is -0.120. The molecule has 1 aromatic carbocycles. The number of fused-ring (bicyclic) bond motifs is 1. The van der Waals surface area contributed by atoms with E-state index in [1.807, 2.05) is 32.0 Å². The number of anilines is 1. The highest BCUT2D eigenvalue weighted by molar-refractivity contribution is 7.91. The molecule has 4 heterocycles. The van der Waals surface area contributed by atoms with Crippen LogP contribution in [-0.4, -0.2) is 52.6 Å². The second-order valence-electron chi connectivity index (χ2n) is 8.29. The van der Waals surface area contributed by atoms with Crippen molar-refractivity contribution in [2.24, 2.45) is 0 Å². The maximum absolute atomic E-state index is 13.4. The maximum atomic E-state index is 13.4. The molecule has 1 aliphatic heterocycles. The highest BCUT2D eigenvalue weighted by atomic mass is 35.5. The minimum Gasteiger partial charge on any atom is -0.492 e. The van der Waals surface area contributed by atoms with Crippen LogP contribution in [0.3, 0.4) is 0 Å². The van der Waals surface area contributed by atoms with Gasteiger partial charge >= 0.3 is 0 Å². The summed E-state index contributed by atoms with van der Waals surface area (Å²) >= 11 is 8.39. The minimum absolute atomic E-state index is 0.132. The fourth-order valence-electron chi connectivity index (χ4n) is 4.22. The molecule has 1 amide bonds. The van der Waals surface area contributed by atoms with Crippen LogP contribution in [0.15, 0.2) is 40.6 Å². The highest BCUT2D eigenvalue weighted by Gasteiger charge is 2.38. The highest BCUT2D eigenvalue weighted by Crippen LogP contribution is 2.34. The van der Waals surface area contributed by atoms with Crippen LogP contribution >= 0.6 is 34.3 Å². The molecule has 190 valence electrons. The summed E-state index contributed by atoms with van der Waals surface area (Å²) in [5, 5.41) is 8.01. The Morgan fingerprint density at radius 3 is 2.83 bits per heavy atom. The van der Waals surface area contributed by atoms with Crippen LogP contribution in [0.1, 0.15) is 31.9 Å². The Balaban J connectivity index is 1.45. The van der Waals surface area contributed by atoms with Gasteiger partial charge in [-0.2, -0.15) is 14.1 Å². The zero-order valence-corrected chi connectivity index (χ0v) is 22.8. The van der Waals surface area contributed by atoms with Crippen LogP contribution in [0, 0.1) is 6.92 Å². The third-order valence-electron chi connectivity index (χ3n) is 5.80. The zero-order valence-electron chi connectivity index (χ0n) is 19.6. The number of rotatable bonds is 7. The smallest absolute Gasteiger partial charge is 0.253 e. The first-order valence-electron chi connectivity index (χ1n) is 11.5. The first-order valence-corrected chi connectivity index (χ1v) is 14.9. The molecule has 1 saturated heterocycles. The normalized spacial score (nSPS) is 16.9. The van der Waals surface area contributed by atoms with Gasteiger partial charge in [0.1, 0.15) is 27.3 Å². The molecule has 1 N–H and O–H groups in total. The van der Waals surface area contributed by atoms with E-state index < -0.39 is 22.0 Å². The van der Waals surface area contributed by atoms with Gasteiger partial charge in [0.2, 0.25) is 11.0 Å². The molecule has 0 bridgehead atoms. The number of carbonyl (C=O) groups excluding carboxylic acids is 1. The number of hydrogen-bond donors (Lipinski definition) is 1. The van der Waals surface area contributed by atoms with Gasteiger partial charge < -0.3 is 10.1 Å². The summed E-state index contributed by atoms with van der Waals surface area (Å²) in [7, 11) is -3.85. The molecule has 5 rings (SSSR count). The van der Waals surface area contributed by atoms with E-state index in [1.165, 1.54) is 21.7 Å². The summed E-state index contributed by atoms with van der Waals surface area (Å²) in [5.74, 6) is 0.707. The number of sulfonamides is 1. The number of carbonyl (C=O) groups is 1. The van der Waals surface area contributed by atoms with E-state index in [0.29, 0.717) is 46.2 Å². The van der Waals surface area contributed by atoms with Gasteiger partial charge in [0.15, 0.2) is 0 Å². The number of aromatic nitrogens is 3. The van der Waals surface area contributed by atoms with Crippen molar-refractivity contribution in [3.8, 4) is 10.9 Å². The molecular formula is C23H24ClN5O4S3. The molecule has 1 unspecified atom stereocenters. The fraction of sp³-hybridized carbons (Fsp3) is 0.348. The molecule has 36 heavy (non-hydrogen) atoms. The van der Waals surface area contributed by atoms with Gasteiger partial charge in [-0.1, -0.05) is 35.4 Å². The molecule has 0 saturated carbocycles. The van der Waals surface area contributed by atoms with E-state index in [0.717, 1.165) is 28.0 Å². The number of halogens is 1. The lowest BCUT2D eigenvalue weighted by Crippen LogP contribution is -2.49. The topological polar surface area (TPSA) is 106 Å². The van der Waals surface area contributed by atoms with Gasteiger partial charge in [0.05, 0.1) is 21.3 Å². The van der Waals surface area contributed by atoms with Crippen LogP contribution in [0.4, 0.5) is 5.82 Å². The molecule has 3 aromatic heterocycles. The predicted molar refractivity (Wildman–Crippen MR) is 142 cm³/mol. The van der Waals surface area contributed by atoms with Crippen LogP contribution in [0.5, 0.6) is 5.75 Å². The van der Waals surface area contributed by atoms with E-state index in [1.54, 1.807) is 16.8 Å². The first-order chi connectivity index (χ1) is 17.3. The number of ether oxygens (including phenoxy) is 1. The third-order valence-corrected chi connectivity index (χ3v) is 10.4. The van der Waals surface area contributed by atoms with Crippen molar-refractivity contribution in [3.63, 3.8) is 0 Å². The van der Waals surface area contributed by atoms with E-state index in [4.69, 9.17) is 21.3 Å². The third kappa shape index (κ3) is 4.75. The number of aryl methyl sites for hydroxylation is 1. The average Bonchev–Trinajstić information content (AvgIpc) is 3.58. The summed E-state index contributed by atoms with van der Waals surface area (Å²) in [6.45, 7) is 4.53. The van der Waals surface area contributed by atoms with E-state index in [-0.39, 0.29) is 10.8 Å². The van der Waals surface area contributed by atoms with Crippen molar-refractivity contribution >= 4 is 66.2 Å². The summed E-state index contributed by atoms with van der Waals surface area (Å²) in [6, 6.07) is 9.66. The molecular weight excluding hydrogens is 542 g/mol. The summed E-state index contributed by atoms with van der Waals surface area (Å²) in [6.07, 6.45) is 1.87. The van der Waals surface area contributed by atoms with Gasteiger partial charge in [0, 0.05) is 12.6 Å². The molecule has 0 radical (unpaired) electrons. The zero-order chi connectivity index (χ0) is 25.4. The van der Waals surface area contributed by atoms with Crippen LogP contribution in [0.25, 0.3) is 15.3 Å². The van der Waals surface area contributed by atoms with Crippen molar-refractivity contribution in [1.82, 2.24) is 19.1 Å². The summed E-state index contributed by atoms with van der Waals surface area (Å²) in [4.78, 5) is 18.2. The van der Waals surface area contributed by atoms with Crippen molar-refractivity contribution < 1.29 is 17.9 Å². The number of piperidine rings is 1. The second-order valence-corrected chi connectivity index (χ2v) is 13.1. The molecule has 1 atom stereocenters. The van der Waals surface area contributed by atoms with Gasteiger partial charge in [-0.15, -0.1) is 11.3 Å². The number of hydrogen-bond acceptors (Lipinski definition) is 8. The summed E-state index contributed by atoms with van der Waals surface area (Å²) in [5.41, 5.74) is 1.42. The Hall–Kier alpha value is -2.51. The fourth-order valence-corrected chi connectivity index (χ4v) is 8.44. The molecule has 9 nitrogen and oxygen atoms in total. The Morgan fingerprint density at radius 2 is 2.08 bits per heavy atom. The monoisotopic (exact) mass is 565 g/mol. The van der Waals surface area contributed by atoms with Crippen LogP contribution < -0.4 is 10.1 Å².